The zero-order valence-corrected chi connectivity index (χ0v) is 11.8. The Labute approximate surface area is 110 Å². The van der Waals surface area contributed by atoms with Gasteiger partial charge in [-0.2, -0.15) is 5.10 Å². The predicted octanol–water partition coefficient (Wildman–Crippen LogP) is 1.56. The molecule has 0 aromatic carbocycles. The first-order valence-electron chi connectivity index (χ1n) is 7.24. The Morgan fingerprint density at radius 2 is 2.06 bits per heavy atom. The van der Waals surface area contributed by atoms with Crippen molar-refractivity contribution in [2.24, 2.45) is 7.05 Å². The van der Waals surface area contributed by atoms with Crippen molar-refractivity contribution in [1.29, 1.82) is 0 Å². The van der Waals surface area contributed by atoms with E-state index >= 15 is 0 Å². The summed E-state index contributed by atoms with van der Waals surface area (Å²) in [7, 11) is 2.03. The van der Waals surface area contributed by atoms with E-state index in [-0.39, 0.29) is 0 Å². The second kappa shape index (κ2) is 6.90. The van der Waals surface area contributed by atoms with Crippen molar-refractivity contribution >= 4 is 0 Å². The highest BCUT2D eigenvalue weighted by Gasteiger charge is 2.09. The molecule has 4 nitrogen and oxygen atoms in total. The van der Waals surface area contributed by atoms with Gasteiger partial charge >= 0.3 is 0 Å². The summed E-state index contributed by atoms with van der Waals surface area (Å²) in [4.78, 5) is 2.57. The Kier molecular flexibility index (Phi) is 5.20. The Balaban J connectivity index is 1.66. The van der Waals surface area contributed by atoms with Crippen LogP contribution in [0.1, 0.15) is 37.6 Å². The van der Waals surface area contributed by atoms with Gasteiger partial charge in [0.15, 0.2) is 0 Å². The number of hydrogen-bond donors (Lipinski definition) is 1. The molecular formula is C14H26N4. The average Bonchev–Trinajstić information content (AvgIpc) is 2.77. The minimum atomic E-state index is 0.928. The van der Waals surface area contributed by atoms with Gasteiger partial charge in [0, 0.05) is 26.7 Å². The van der Waals surface area contributed by atoms with Crippen molar-refractivity contribution < 1.29 is 0 Å². The summed E-state index contributed by atoms with van der Waals surface area (Å²) in [6.07, 6.45) is 5.18. The molecule has 0 aliphatic carbocycles. The van der Waals surface area contributed by atoms with E-state index in [0.29, 0.717) is 0 Å². The van der Waals surface area contributed by atoms with Crippen molar-refractivity contribution in [3.63, 3.8) is 0 Å². The van der Waals surface area contributed by atoms with E-state index in [4.69, 9.17) is 0 Å². The van der Waals surface area contributed by atoms with Crippen LogP contribution in [0.5, 0.6) is 0 Å². The van der Waals surface area contributed by atoms with Gasteiger partial charge in [-0.1, -0.05) is 13.3 Å². The third-order valence-corrected chi connectivity index (χ3v) is 3.75. The van der Waals surface area contributed by atoms with Gasteiger partial charge in [0.2, 0.25) is 0 Å². The molecule has 18 heavy (non-hydrogen) atoms. The molecule has 0 unspecified atom stereocenters. The molecule has 1 fully saturated rings. The molecule has 0 spiro atoms. The first-order chi connectivity index (χ1) is 8.79. The third-order valence-electron chi connectivity index (χ3n) is 3.75. The van der Waals surface area contributed by atoms with Crippen molar-refractivity contribution in [3.05, 3.63) is 17.5 Å². The maximum atomic E-state index is 4.46. The smallest absolute Gasteiger partial charge is 0.0625 e. The van der Waals surface area contributed by atoms with E-state index in [0.717, 1.165) is 19.5 Å². The summed E-state index contributed by atoms with van der Waals surface area (Å²) in [5.74, 6) is 0. The molecule has 1 aliphatic heterocycles. The molecule has 1 aliphatic rings. The molecule has 102 valence electrons. The van der Waals surface area contributed by atoms with E-state index in [1.54, 1.807) is 0 Å². The standard InChI is InChI=1S/C14H26N4/c1-3-13-11-14(17(2)16-13)12-15-7-10-18-8-5-4-6-9-18/h11,15H,3-10,12H2,1-2H3. The van der Waals surface area contributed by atoms with Crippen LogP contribution in [-0.2, 0) is 20.0 Å². The summed E-state index contributed by atoms with van der Waals surface area (Å²) in [5, 5.41) is 7.99. The third kappa shape index (κ3) is 3.82. The topological polar surface area (TPSA) is 33.1 Å². The lowest BCUT2D eigenvalue weighted by Crippen LogP contribution is -2.35. The lowest BCUT2D eigenvalue weighted by atomic mass is 10.1. The zero-order chi connectivity index (χ0) is 12.8. The molecule has 2 heterocycles. The molecule has 1 aromatic rings. The number of likely N-dealkylation sites (tertiary alicyclic amines) is 1. The molecular weight excluding hydrogens is 224 g/mol. The van der Waals surface area contributed by atoms with Gasteiger partial charge in [0.05, 0.1) is 11.4 Å². The fourth-order valence-corrected chi connectivity index (χ4v) is 2.55. The molecule has 0 amide bonds. The number of aryl methyl sites for hydroxylation is 2. The quantitative estimate of drug-likeness (QED) is 0.778. The lowest BCUT2D eigenvalue weighted by Gasteiger charge is -2.26. The van der Waals surface area contributed by atoms with Crippen LogP contribution in [0, 0.1) is 0 Å². The van der Waals surface area contributed by atoms with Gasteiger partial charge in [-0.3, -0.25) is 4.68 Å². The Morgan fingerprint density at radius 1 is 1.28 bits per heavy atom. The zero-order valence-electron chi connectivity index (χ0n) is 11.8. The maximum absolute atomic E-state index is 4.46. The maximum Gasteiger partial charge on any atom is 0.0625 e. The summed E-state index contributed by atoms with van der Waals surface area (Å²) in [6.45, 7) is 7.90. The number of nitrogens with one attached hydrogen (secondary N) is 1. The number of piperidine rings is 1. The number of rotatable bonds is 6. The molecule has 1 N–H and O–H groups in total. The van der Waals surface area contributed by atoms with Gasteiger partial charge in [0.1, 0.15) is 0 Å². The minimum absolute atomic E-state index is 0.928. The van der Waals surface area contributed by atoms with Crippen LogP contribution in [0.15, 0.2) is 6.07 Å². The van der Waals surface area contributed by atoms with Crippen LogP contribution in [0.2, 0.25) is 0 Å². The molecule has 0 saturated carbocycles. The van der Waals surface area contributed by atoms with E-state index in [1.165, 1.54) is 50.3 Å². The highest BCUT2D eigenvalue weighted by molar-refractivity contribution is 5.09. The second-order valence-corrected chi connectivity index (χ2v) is 5.18. The first-order valence-corrected chi connectivity index (χ1v) is 7.24. The fraction of sp³-hybridized carbons (Fsp3) is 0.786. The van der Waals surface area contributed by atoms with Gasteiger partial charge in [-0.25, -0.2) is 0 Å². The Morgan fingerprint density at radius 3 is 2.72 bits per heavy atom. The lowest BCUT2D eigenvalue weighted by molar-refractivity contribution is 0.229. The predicted molar refractivity (Wildman–Crippen MR) is 74.6 cm³/mol. The Bertz CT molecular complexity index is 353. The molecule has 4 heteroatoms. The van der Waals surface area contributed by atoms with Crippen molar-refractivity contribution in [1.82, 2.24) is 20.0 Å². The Hall–Kier alpha value is -0.870. The van der Waals surface area contributed by atoms with E-state index in [2.05, 4.69) is 28.3 Å². The van der Waals surface area contributed by atoms with Crippen molar-refractivity contribution in [2.45, 2.75) is 39.2 Å². The van der Waals surface area contributed by atoms with Gasteiger partial charge in [0.25, 0.3) is 0 Å². The molecule has 0 radical (unpaired) electrons. The van der Waals surface area contributed by atoms with Crippen molar-refractivity contribution in [3.8, 4) is 0 Å². The van der Waals surface area contributed by atoms with Crippen LogP contribution in [0.4, 0.5) is 0 Å². The van der Waals surface area contributed by atoms with Crippen LogP contribution in [0.3, 0.4) is 0 Å². The largest absolute Gasteiger partial charge is 0.310 e. The minimum Gasteiger partial charge on any atom is -0.310 e. The molecule has 1 saturated heterocycles. The highest BCUT2D eigenvalue weighted by atomic mass is 15.3. The average molecular weight is 250 g/mol. The first kappa shape index (κ1) is 13.6. The van der Waals surface area contributed by atoms with E-state index < -0.39 is 0 Å². The summed E-state index contributed by atoms with van der Waals surface area (Å²) in [5.41, 5.74) is 2.47. The number of hydrogen-bond acceptors (Lipinski definition) is 3. The summed E-state index contributed by atoms with van der Waals surface area (Å²) < 4.78 is 1.99. The van der Waals surface area contributed by atoms with E-state index in [1.807, 2.05) is 11.7 Å². The normalized spacial score (nSPS) is 17.2. The number of nitrogens with zero attached hydrogens (tertiary/aromatic N) is 3. The van der Waals surface area contributed by atoms with Crippen LogP contribution >= 0.6 is 0 Å². The monoisotopic (exact) mass is 250 g/mol. The summed E-state index contributed by atoms with van der Waals surface area (Å²) in [6, 6.07) is 2.20. The van der Waals surface area contributed by atoms with Gasteiger partial charge < -0.3 is 10.2 Å². The molecule has 0 atom stereocenters. The SMILES string of the molecule is CCc1cc(CNCCN2CCCCC2)n(C)n1. The van der Waals surface area contributed by atoms with Gasteiger partial charge in [-0.15, -0.1) is 0 Å². The number of aromatic nitrogens is 2. The fourth-order valence-electron chi connectivity index (χ4n) is 2.55. The van der Waals surface area contributed by atoms with Crippen molar-refractivity contribution in [2.75, 3.05) is 26.2 Å². The van der Waals surface area contributed by atoms with Crippen LogP contribution in [-0.4, -0.2) is 40.9 Å². The van der Waals surface area contributed by atoms with Crippen LogP contribution < -0.4 is 5.32 Å². The van der Waals surface area contributed by atoms with E-state index in [9.17, 15) is 0 Å². The van der Waals surface area contributed by atoms with Gasteiger partial charge in [-0.05, 0) is 38.4 Å². The summed E-state index contributed by atoms with van der Waals surface area (Å²) >= 11 is 0. The molecule has 0 bridgehead atoms. The molecule has 1 aromatic heterocycles. The highest BCUT2D eigenvalue weighted by Crippen LogP contribution is 2.07. The molecule has 2 rings (SSSR count). The second-order valence-electron chi connectivity index (χ2n) is 5.18. The van der Waals surface area contributed by atoms with Crippen LogP contribution in [0.25, 0.3) is 0 Å².